The molecule has 0 amide bonds. The number of nitrogens with zero attached hydrogens (tertiary/aromatic N) is 4. The van der Waals surface area contributed by atoms with Crippen molar-refractivity contribution in [3.63, 3.8) is 0 Å². The maximum Gasteiger partial charge on any atom is 0.329 e. The summed E-state index contributed by atoms with van der Waals surface area (Å²) in [5, 5.41) is 19.9. The first-order valence-corrected chi connectivity index (χ1v) is 7.38. The number of thiazole rings is 1. The summed E-state index contributed by atoms with van der Waals surface area (Å²) < 4.78 is 0. The Balaban J connectivity index is 2.13. The van der Waals surface area contributed by atoms with Crippen molar-refractivity contribution in [3.05, 3.63) is 32.9 Å². The van der Waals surface area contributed by atoms with Crippen molar-refractivity contribution in [3.8, 4) is 0 Å². The van der Waals surface area contributed by atoms with Crippen LogP contribution in [-0.2, 0) is 0 Å². The molecule has 0 aliphatic carbocycles. The van der Waals surface area contributed by atoms with Gasteiger partial charge in [-0.3, -0.25) is 10.1 Å². The molecule has 8 nitrogen and oxygen atoms in total. The third-order valence-corrected chi connectivity index (χ3v) is 3.76. The fraction of sp³-hybridized carbons (Fsp3) is 0.417. The summed E-state index contributed by atoms with van der Waals surface area (Å²) in [6.45, 7) is 5.07. The summed E-state index contributed by atoms with van der Waals surface area (Å²) >= 11 is 1.56. The summed E-state index contributed by atoms with van der Waals surface area (Å²) in [5.74, 6) is 0.726. The lowest BCUT2D eigenvalue weighted by Gasteiger charge is -2.11. The number of rotatable bonds is 7. The van der Waals surface area contributed by atoms with E-state index in [-0.39, 0.29) is 17.4 Å². The molecular formula is C12H16N6O2S. The Labute approximate surface area is 125 Å². The number of nitro groups is 1. The minimum atomic E-state index is -0.494. The van der Waals surface area contributed by atoms with Crippen LogP contribution in [0.4, 0.5) is 17.5 Å². The number of anilines is 2. The van der Waals surface area contributed by atoms with E-state index >= 15 is 0 Å². The first kappa shape index (κ1) is 15.1. The molecular weight excluding hydrogens is 292 g/mol. The van der Waals surface area contributed by atoms with Gasteiger partial charge in [-0.1, -0.05) is 6.92 Å². The number of hydrogen-bond acceptors (Lipinski definition) is 8. The van der Waals surface area contributed by atoms with Crippen molar-refractivity contribution in [2.75, 3.05) is 23.7 Å². The minimum absolute atomic E-state index is 0.136. The minimum Gasteiger partial charge on any atom is -0.363 e. The topological polar surface area (TPSA) is 106 Å². The van der Waals surface area contributed by atoms with E-state index in [9.17, 15) is 10.1 Å². The molecule has 9 heteroatoms. The summed E-state index contributed by atoms with van der Waals surface area (Å²) in [5.41, 5.74) is -0.136. The lowest BCUT2D eigenvalue weighted by molar-refractivity contribution is -0.384. The van der Waals surface area contributed by atoms with E-state index in [0.717, 1.165) is 5.01 Å². The third kappa shape index (κ3) is 3.85. The van der Waals surface area contributed by atoms with Crippen LogP contribution in [0.3, 0.4) is 0 Å². The Morgan fingerprint density at radius 2 is 2.24 bits per heavy atom. The normalized spacial score (nSPS) is 11.9. The molecule has 2 aromatic heterocycles. The molecule has 21 heavy (non-hydrogen) atoms. The average molecular weight is 308 g/mol. The van der Waals surface area contributed by atoms with Gasteiger partial charge in [-0.2, -0.15) is 4.98 Å². The Morgan fingerprint density at radius 3 is 2.86 bits per heavy atom. The standard InChI is InChI=1S/C12H16N6O2S/c1-3-13-12-16-7-9(18(19)20)10(17-12)15-6-8(2)11-14-4-5-21-11/h4-5,7-8H,3,6H2,1-2H3,(H2,13,15,16,17). The van der Waals surface area contributed by atoms with Gasteiger partial charge in [0, 0.05) is 30.6 Å². The Bertz CT molecular complexity index is 604. The maximum atomic E-state index is 11.0. The SMILES string of the molecule is CCNc1ncc([N+](=O)[O-])c(NCC(C)c2nccs2)n1. The molecule has 2 rings (SSSR count). The van der Waals surface area contributed by atoms with Gasteiger partial charge in [0.15, 0.2) is 0 Å². The third-order valence-electron chi connectivity index (χ3n) is 2.75. The van der Waals surface area contributed by atoms with Crippen LogP contribution in [0.1, 0.15) is 24.8 Å². The largest absolute Gasteiger partial charge is 0.363 e. The second-order valence-electron chi connectivity index (χ2n) is 4.37. The van der Waals surface area contributed by atoms with Crippen LogP contribution in [0, 0.1) is 10.1 Å². The lowest BCUT2D eigenvalue weighted by atomic mass is 10.2. The molecule has 2 aromatic rings. The molecule has 0 aliphatic heterocycles. The number of aromatic nitrogens is 3. The maximum absolute atomic E-state index is 11.0. The average Bonchev–Trinajstić information content (AvgIpc) is 2.99. The first-order chi connectivity index (χ1) is 10.1. The van der Waals surface area contributed by atoms with Crippen molar-refractivity contribution in [2.24, 2.45) is 0 Å². The zero-order valence-corrected chi connectivity index (χ0v) is 12.6. The quantitative estimate of drug-likeness (QED) is 0.598. The molecule has 0 saturated carbocycles. The van der Waals surface area contributed by atoms with Gasteiger partial charge in [-0.05, 0) is 6.92 Å². The van der Waals surface area contributed by atoms with Crippen LogP contribution in [-0.4, -0.2) is 33.0 Å². The molecule has 2 heterocycles. The molecule has 0 aliphatic rings. The van der Waals surface area contributed by atoms with Gasteiger partial charge in [0.2, 0.25) is 11.8 Å². The summed E-state index contributed by atoms with van der Waals surface area (Å²) in [7, 11) is 0. The zero-order valence-electron chi connectivity index (χ0n) is 11.7. The molecule has 1 atom stereocenters. The van der Waals surface area contributed by atoms with Gasteiger partial charge < -0.3 is 10.6 Å². The lowest BCUT2D eigenvalue weighted by Crippen LogP contribution is -2.13. The molecule has 0 aromatic carbocycles. The predicted molar refractivity (Wildman–Crippen MR) is 81.9 cm³/mol. The Hall–Kier alpha value is -2.29. The summed E-state index contributed by atoms with van der Waals surface area (Å²) in [6, 6.07) is 0. The van der Waals surface area contributed by atoms with Crippen molar-refractivity contribution >= 4 is 28.8 Å². The molecule has 0 spiro atoms. The van der Waals surface area contributed by atoms with Gasteiger partial charge >= 0.3 is 5.69 Å². The van der Waals surface area contributed by atoms with Crippen LogP contribution >= 0.6 is 11.3 Å². The fourth-order valence-corrected chi connectivity index (χ4v) is 2.40. The van der Waals surface area contributed by atoms with E-state index in [2.05, 4.69) is 25.6 Å². The summed E-state index contributed by atoms with van der Waals surface area (Å²) in [6.07, 6.45) is 2.95. The van der Waals surface area contributed by atoms with Gasteiger partial charge in [0.25, 0.3) is 0 Å². The molecule has 0 fully saturated rings. The highest BCUT2D eigenvalue weighted by Crippen LogP contribution is 2.24. The highest BCUT2D eigenvalue weighted by atomic mass is 32.1. The van der Waals surface area contributed by atoms with Gasteiger partial charge in [0.1, 0.15) is 6.20 Å². The van der Waals surface area contributed by atoms with Crippen molar-refractivity contribution in [1.82, 2.24) is 15.0 Å². The second kappa shape index (κ2) is 6.93. The molecule has 0 saturated heterocycles. The van der Waals surface area contributed by atoms with E-state index in [0.29, 0.717) is 19.0 Å². The van der Waals surface area contributed by atoms with Crippen molar-refractivity contribution in [1.29, 1.82) is 0 Å². The predicted octanol–water partition coefficient (Wildman–Crippen LogP) is 2.49. The highest BCUT2D eigenvalue weighted by Gasteiger charge is 2.18. The molecule has 2 N–H and O–H groups in total. The monoisotopic (exact) mass is 308 g/mol. The summed E-state index contributed by atoms with van der Waals surface area (Å²) in [4.78, 5) is 22.8. The molecule has 112 valence electrons. The van der Waals surface area contributed by atoms with Gasteiger partial charge in [0.05, 0.1) is 9.93 Å². The van der Waals surface area contributed by atoms with Gasteiger partial charge in [-0.15, -0.1) is 11.3 Å². The van der Waals surface area contributed by atoms with Gasteiger partial charge in [-0.25, -0.2) is 9.97 Å². The van der Waals surface area contributed by atoms with Crippen LogP contribution in [0.25, 0.3) is 0 Å². The number of hydrogen-bond donors (Lipinski definition) is 2. The first-order valence-electron chi connectivity index (χ1n) is 6.50. The van der Waals surface area contributed by atoms with E-state index in [4.69, 9.17) is 0 Å². The molecule has 0 radical (unpaired) electrons. The van der Waals surface area contributed by atoms with E-state index < -0.39 is 4.92 Å². The van der Waals surface area contributed by atoms with E-state index in [1.54, 1.807) is 17.5 Å². The Kier molecular flexibility index (Phi) is 4.99. The smallest absolute Gasteiger partial charge is 0.329 e. The van der Waals surface area contributed by atoms with Crippen LogP contribution in [0.15, 0.2) is 17.8 Å². The fourth-order valence-electron chi connectivity index (χ4n) is 1.70. The van der Waals surface area contributed by atoms with Crippen LogP contribution in [0.5, 0.6) is 0 Å². The number of nitrogens with one attached hydrogen (secondary N) is 2. The van der Waals surface area contributed by atoms with Crippen molar-refractivity contribution < 1.29 is 4.92 Å². The highest BCUT2D eigenvalue weighted by molar-refractivity contribution is 7.09. The van der Waals surface area contributed by atoms with Crippen LogP contribution in [0.2, 0.25) is 0 Å². The molecule has 1 unspecified atom stereocenters. The molecule has 0 bridgehead atoms. The second-order valence-corrected chi connectivity index (χ2v) is 5.29. The Morgan fingerprint density at radius 1 is 1.43 bits per heavy atom. The van der Waals surface area contributed by atoms with Crippen molar-refractivity contribution in [2.45, 2.75) is 19.8 Å². The van der Waals surface area contributed by atoms with Crippen LogP contribution < -0.4 is 10.6 Å². The van der Waals surface area contributed by atoms with E-state index in [1.807, 2.05) is 19.2 Å². The zero-order chi connectivity index (χ0) is 15.2. The van der Waals surface area contributed by atoms with E-state index in [1.165, 1.54) is 6.20 Å².